The van der Waals surface area contributed by atoms with E-state index in [1.807, 2.05) is 5.01 Å². The van der Waals surface area contributed by atoms with Gasteiger partial charge in [0.2, 0.25) is 11.4 Å². The smallest absolute Gasteiger partial charge is 0.387 e. The van der Waals surface area contributed by atoms with Crippen molar-refractivity contribution in [3.8, 4) is 5.75 Å². The lowest BCUT2D eigenvalue weighted by atomic mass is 9.94. The van der Waals surface area contributed by atoms with Gasteiger partial charge >= 0.3 is 6.61 Å². The molecule has 0 aliphatic carbocycles. The minimum atomic E-state index is -2.86. The molecule has 0 unspecified atom stereocenters. The lowest BCUT2D eigenvalue weighted by Crippen LogP contribution is -2.46. The molecule has 0 spiro atoms. The number of nitrogens with zero attached hydrogens (tertiary/aromatic N) is 2. The first-order chi connectivity index (χ1) is 14.0. The van der Waals surface area contributed by atoms with Crippen molar-refractivity contribution in [3.05, 3.63) is 65.2 Å². The number of aliphatic hydroxyl groups is 1. The molecule has 6 heteroatoms. The number of hydrogen-bond acceptors (Lipinski definition) is 3. The summed E-state index contributed by atoms with van der Waals surface area (Å²) in [5.41, 5.74) is 2.98. The highest BCUT2D eigenvalue weighted by atomic mass is 19.3. The molecular formula is C23H27F2N2O2+. The van der Waals surface area contributed by atoms with Gasteiger partial charge in [-0.3, -0.25) is 0 Å². The fourth-order valence-electron chi connectivity index (χ4n) is 4.36. The van der Waals surface area contributed by atoms with Crippen molar-refractivity contribution in [1.29, 1.82) is 0 Å². The van der Waals surface area contributed by atoms with E-state index in [0.29, 0.717) is 12.0 Å². The first kappa shape index (κ1) is 19.8. The van der Waals surface area contributed by atoms with E-state index in [9.17, 15) is 13.9 Å². The second-order valence-electron chi connectivity index (χ2n) is 7.70. The van der Waals surface area contributed by atoms with E-state index in [2.05, 4.69) is 40.6 Å². The van der Waals surface area contributed by atoms with Crippen LogP contribution in [0.15, 0.2) is 48.5 Å². The normalized spacial score (nSPS) is 22.0. The van der Waals surface area contributed by atoms with Crippen LogP contribution in [-0.2, 0) is 12.1 Å². The largest absolute Gasteiger partial charge is 0.435 e. The van der Waals surface area contributed by atoms with Crippen molar-refractivity contribution in [2.45, 2.75) is 51.4 Å². The summed E-state index contributed by atoms with van der Waals surface area (Å²) < 4.78 is 31.6. The zero-order valence-corrected chi connectivity index (χ0v) is 16.7. The fourth-order valence-corrected chi connectivity index (χ4v) is 4.36. The Morgan fingerprint density at radius 1 is 1.07 bits per heavy atom. The average molecular weight is 401 g/mol. The SMILES string of the molecule is CCc1ccc(C2=[N+]3CCCCCN3[C@](O)(c3ccc(OC(F)F)cc3)C2)cc1. The minimum absolute atomic E-state index is 0.0948. The summed E-state index contributed by atoms with van der Waals surface area (Å²) in [5, 5.41) is 13.8. The van der Waals surface area contributed by atoms with Gasteiger partial charge in [0.1, 0.15) is 5.75 Å². The highest BCUT2D eigenvalue weighted by molar-refractivity contribution is 5.98. The molecule has 2 heterocycles. The predicted octanol–water partition coefficient (Wildman–Crippen LogP) is 4.30. The lowest BCUT2D eigenvalue weighted by molar-refractivity contribution is -0.706. The van der Waals surface area contributed by atoms with Crippen LogP contribution < -0.4 is 4.74 Å². The molecule has 1 atom stereocenters. The predicted molar refractivity (Wildman–Crippen MR) is 107 cm³/mol. The summed E-state index contributed by atoms with van der Waals surface area (Å²) >= 11 is 0. The molecule has 4 rings (SSSR count). The zero-order valence-electron chi connectivity index (χ0n) is 16.7. The van der Waals surface area contributed by atoms with Gasteiger partial charge in [0.05, 0.1) is 13.0 Å². The molecule has 1 saturated heterocycles. The fraction of sp³-hybridized carbons (Fsp3) is 0.435. The van der Waals surface area contributed by atoms with Crippen LogP contribution in [0, 0.1) is 0 Å². The van der Waals surface area contributed by atoms with Crippen LogP contribution in [0.3, 0.4) is 0 Å². The number of aryl methyl sites for hydroxylation is 1. The number of rotatable bonds is 5. The van der Waals surface area contributed by atoms with E-state index >= 15 is 0 Å². The molecule has 2 aliphatic heterocycles. The molecule has 29 heavy (non-hydrogen) atoms. The molecule has 1 fully saturated rings. The first-order valence-electron chi connectivity index (χ1n) is 10.3. The molecule has 0 saturated carbocycles. The lowest BCUT2D eigenvalue weighted by Gasteiger charge is -2.30. The van der Waals surface area contributed by atoms with Crippen LogP contribution in [0.4, 0.5) is 8.78 Å². The highest BCUT2D eigenvalue weighted by Gasteiger charge is 2.52. The summed E-state index contributed by atoms with van der Waals surface area (Å²) in [6.45, 7) is 0.888. The third-order valence-electron chi connectivity index (χ3n) is 5.92. The van der Waals surface area contributed by atoms with Crippen LogP contribution in [0.2, 0.25) is 0 Å². The molecule has 1 N–H and O–H groups in total. The molecule has 2 aliphatic rings. The van der Waals surface area contributed by atoms with Crippen LogP contribution >= 0.6 is 0 Å². The van der Waals surface area contributed by atoms with Crippen molar-refractivity contribution >= 4 is 5.71 Å². The van der Waals surface area contributed by atoms with Crippen LogP contribution in [0.25, 0.3) is 0 Å². The minimum Gasteiger partial charge on any atom is -0.435 e. The van der Waals surface area contributed by atoms with Gasteiger partial charge in [-0.1, -0.05) is 31.2 Å². The Bertz CT molecular complexity index is 881. The third kappa shape index (κ3) is 3.86. The van der Waals surface area contributed by atoms with E-state index < -0.39 is 12.3 Å². The number of hydrazone groups is 1. The maximum absolute atomic E-state index is 12.5. The van der Waals surface area contributed by atoms with E-state index in [1.165, 1.54) is 17.7 Å². The summed E-state index contributed by atoms with van der Waals surface area (Å²) in [5.74, 6) is 0.0948. The monoisotopic (exact) mass is 401 g/mol. The topological polar surface area (TPSA) is 35.7 Å². The van der Waals surface area contributed by atoms with Gasteiger partial charge in [-0.25, -0.2) is 0 Å². The molecule has 154 valence electrons. The number of hydrazine groups is 1. The molecule has 4 nitrogen and oxygen atoms in total. The van der Waals surface area contributed by atoms with E-state index in [4.69, 9.17) is 0 Å². The maximum atomic E-state index is 12.5. The Balaban J connectivity index is 1.69. The second kappa shape index (κ2) is 8.11. The van der Waals surface area contributed by atoms with Crippen molar-refractivity contribution in [3.63, 3.8) is 0 Å². The van der Waals surface area contributed by atoms with Crippen molar-refractivity contribution in [1.82, 2.24) is 5.01 Å². The average Bonchev–Trinajstić information content (AvgIpc) is 2.87. The summed E-state index contributed by atoms with van der Waals surface area (Å²) in [7, 11) is 0. The number of ether oxygens (including phenoxy) is 1. The van der Waals surface area contributed by atoms with Gasteiger partial charge < -0.3 is 9.84 Å². The van der Waals surface area contributed by atoms with Gasteiger partial charge in [0.15, 0.2) is 6.54 Å². The zero-order chi connectivity index (χ0) is 20.4. The van der Waals surface area contributed by atoms with Crippen molar-refractivity contribution in [2.75, 3.05) is 13.1 Å². The molecular weight excluding hydrogens is 374 g/mol. The Morgan fingerprint density at radius 2 is 1.79 bits per heavy atom. The molecule has 0 radical (unpaired) electrons. The van der Waals surface area contributed by atoms with Crippen LogP contribution in [-0.4, -0.2) is 40.2 Å². The van der Waals surface area contributed by atoms with Crippen LogP contribution in [0.5, 0.6) is 5.75 Å². The van der Waals surface area contributed by atoms with Gasteiger partial charge in [-0.15, -0.1) is 9.69 Å². The Labute approximate surface area is 170 Å². The van der Waals surface area contributed by atoms with E-state index in [0.717, 1.165) is 50.0 Å². The molecule has 0 bridgehead atoms. The van der Waals surface area contributed by atoms with Gasteiger partial charge in [0.25, 0.3) is 0 Å². The number of benzene rings is 2. The standard InChI is InChI=1S/C23H27F2N2O2/c1-2-17-6-8-18(9-7-17)21-16-23(28,27-15-5-3-4-14-26(21)27)19-10-12-20(13-11-19)29-22(24)25/h6-13,22,28H,2-5,14-16H2,1H3/q+1/t23-/m1/s1. The summed E-state index contributed by atoms with van der Waals surface area (Å²) in [6, 6.07) is 14.9. The Hall–Kier alpha value is -2.47. The highest BCUT2D eigenvalue weighted by Crippen LogP contribution is 2.38. The van der Waals surface area contributed by atoms with E-state index in [-0.39, 0.29) is 5.75 Å². The van der Waals surface area contributed by atoms with Gasteiger partial charge in [0, 0.05) is 17.5 Å². The number of alkyl halides is 2. The van der Waals surface area contributed by atoms with Gasteiger partial charge in [-0.2, -0.15) is 8.78 Å². The van der Waals surface area contributed by atoms with Gasteiger partial charge in [-0.05, 0) is 49.1 Å². The first-order valence-corrected chi connectivity index (χ1v) is 10.3. The number of hydrogen-bond donors (Lipinski definition) is 1. The summed E-state index contributed by atoms with van der Waals surface area (Å²) in [4.78, 5) is 0. The Morgan fingerprint density at radius 3 is 2.45 bits per heavy atom. The summed E-state index contributed by atoms with van der Waals surface area (Å²) in [6.07, 6.45) is 4.64. The quantitative estimate of drug-likeness (QED) is 0.759. The number of fused-ring (bicyclic) bond motifs is 1. The second-order valence-corrected chi connectivity index (χ2v) is 7.70. The van der Waals surface area contributed by atoms with E-state index in [1.54, 1.807) is 12.1 Å². The molecule has 2 aromatic carbocycles. The molecule has 0 amide bonds. The van der Waals surface area contributed by atoms with Crippen molar-refractivity contribution in [2.24, 2.45) is 0 Å². The van der Waals surface area contributed by atoms with Crippen LogP contribution in [0.1, 0.15) is 49.3 Å². The molecule has 2 aromatic rings. The van der Waals surface area contributed by atoms with Crippen molar-refractivity contribution < 1.29 is 23.3 Å². The third-order valence-corrected chi connectivity index (χ3v) is 5.92. The number of halogens is 2. The molecule has 0 aromatic heterocycles. The maximum Gasteiger partial charge on any atom is 0.387 e. The Kier molecular flexibility index (Phi) is 5.54.